The molecule has 0 radical (unpaired) electrons. The van der Waals surface area contributed by atoms with Crippen molar-refractivity contribution in [2.45, 2.75) is 13.2 Å². The predicted molar refractivity (Wildman–Crippen MR) is 173 cm³/mol. The van der Waals surface area contributed by atoms with Crippen LogP contribution >= 0.6 is 23.2 Å². The van der Waals surface area contributed by atoms with Gasteiger partial charge in [0.2, 0.25) is 5.91 Å². The number of nitrogens with one attached hydrogen (secondary N) is 3. The maximum absolute atomic E-state index is 13.2. The molecule has 0 aliphatic carbocycles. The van der Waals surface area contributed by atoms with E-state index in [0.717, 1.165) is 5.69 Å². The van der Waals surface area contributed by atoms with Gasteiger partial charge in [0.25, 0.3) is 0 Å². The molecule has 44 heavy (non-hydrogen) atoms. The molecule has 3 amide bonds. The minimum atomic E-state index is -1.01. The number of hydrogen-bond acceptors (Lipinski definition) is 10. The van der Waals surface area contributed by atoms with Gasteiger partial charge in [0.15, 0.2) is 0 Å². The Hall–Kier alpha value is -4.46. The van der Waals surface area contributed by atoms with Gasteiger partial charge in [0, 0.05) is 58.0 Å². The lowest BCUT2D eigenvalue weighted by atomic mass is 10.2. The fourth-order valence-corrected chi connectivity index (χ4v) is 5.08. The molecule has 1 aliphatic heterocycles. The summed E-state index contributed by atoms with van der Waals surface area (Å²) in [4.78, 5) is 38.7. The molecule has 1 unspecified atom stereocenters. The molecule has 1 aliphatic rings. The highest BCUT2D eigenvalue weighted by atomic mass is 35.5. The zero-order chi connectivity index (χ0) is 32.0. The number of urea groups is 1. The Morgan fingerprint density at radius 1 is 1.05 bits per heavy atom. The Bertz CT molecular complexity index is 1510. The molecule has 234 valence electrons. The van der Waals surface area contributed by atoms with Gasteiger partial charge in [0.05, 0.1) is 31.3 Å². The van der Waals surface area contributed by atoms with Crippen molar-refractivity contribution in [3.63, 3.8) is 0 Å². The van der Waals surface area contributed by atoms with Crippen LogP contribution in [0.2, 0.25) is 10.0 Å². The minimum absolute atomic E-state index is 0.0566. The summed E-state index contributed by atoms with van der Waals surface area (Å²) in [5.41, 5.74) is 2.24. The number of anilines is 6. The molecule has 4 N–H and O–H groups in total. The number of halogens is 2. The van der Waals surface area contributed by atoms with Crippen LogP contribution in [0.25, 0.3) is 0 Å². The lowest BCUT2D eigenvalue weighted by Crippen LogP contribution is -2.48. The quantitative estimate of drug-likeness (QED) is 0.179. The fourth-order valence-electron chi connectivity index (χ4n) is 4.48. The van der Waals surface area contributed by atoms with Gasteiger partial charge < -0.3 is 40.3 Å². The SMILES string of the molecule is C=CC(O)Nc1cc(N2CCN(C(C)=O)CC2)ccc1Nc1cc(N(C)C(=O)Nc2c(Cl)c(OC)cc(OC)c2Cl)ncn1. The van der Waals surface area contributed by atoms with Crippen molar-refractivity contribution in [1.82, 2.24) is 14.9 Å². The number of ether oxygens (including phenoxy) is 2. The van der Waals surface area contributed by atoms with Crippen LogP contribution in [0.1, 0.15) is 6.92 Å². The molecule has 13 nitrogen and oxygen atoms in total. The van der Waals surface area contributed by atoms with Crippen LogP contribution in [-0.4, -0.2) is 85.6 Å². The Kier molecular flexibility index (Phi) is 10.6. The van der Waals surface area contributed by atoms with E-state index in [2.05, 4.69) is 37.4 Å². The van der Waals surface area contributed by atoms with Gasteiger partial charge in [0.1, 0.15) is 45.7 Å². The van der Waals surface area contributed by atoms with E-state index in [9.17, 15) is 14.7 Å². The number of carbonyl (C=O) groups is 2. The maximum atomic E-state index is 13.2. The number of methoxy groups -OCH3 is 2. The highest BCUT2D eigenvalue weighted by Crippen LogP contribution is 2.44. The third-order valence-electron chi connectivity index (χ3n) is 6.99. The molecule has 15 heteroatoms. The topological polar surface area (TPSA) is 144 Å². The highest BCUT2D eigenvalue weighted by molar-refractivity contribution is 6.41. The number of aromatic nitrogens is 2. The molecule has 1 saturated heterocycles. The van der Waals surface area contributed by atoms with E-state index in [4.69, 9.17) is 32.7 Å². The lowest BCUT2D eigenvalue weighted by molar-refractivity contribution is -0.129. The van der Waals surface area contributed by atoms with Crippen LogP contribution < -0.4 is 35.2 Å². The van der Waals surface area contributed by atoms with Crippen molar-refractivity contribution in [1.29, 1.82) is 0 Å². The van der Waals surface area contributed by atoms with Crippen molar-refractivity contribution >= 4 is 69.5 Å². The lowest BCUT2D eigenvalue weighted by Gasteiger charge is -2.36. The van der Waals surface area contributed by atoms with Crippen LogP contribution in [0, 0.1) is 0 Å². The van der Waals surface area contributed by atoms with Crippen LogP contribution in [-0.2, 0) is 4.79 Å². The standard InChI is InChI=1S/C29H34Cl2N8O5/c1-6-25(41)35-20-13-18(39-11-9-38(10-12-39)17(2)40)7-8-19(20)34-23-15-24(33-16-32-23)37(3)29(42)36-28-26(30)21(43-4)14-22(44-5)27(28)31/h6-8,13-16,25,35,41H,1,9-12H2,2-5H3,(H,36,42)(H,32,33,34). The number of benzene rings is 2. The number of amides is 3. The van der Waals surface area contributed by atoms with Gasteiger partial charge in [-0.05, 0) is 24.3 Å². The first kappa shape index (κ1) is 32.5. The number of carbonyl (C=O) groups excluding carboxylic acids is 2. The van der Waals surface area contributed by atoms with E-state index in [0.29, 0.717) is 43.4 Å². The molecule has 0 spiro atoms. The summed E-state index contributed by atoms with van der Waals surface area (Å²) < 4.78 is 10.5. The second-order valence-corrected chi connectivity index (χ2v) is 10.5. The molecule has 4 rings (SSSR count). The second-order valence-electron chi connectivity index (χ2n) is 9.71. The molecular weight excluding hydrogens is 611 g/mol. The van der Waals surface area contributed by atoms with Gasteiger partial charge in [-0.2, -0.15) is 0 Å². The summed E-state index contributed by atoms with van der Waals surface area (Å²) in [6.07, 6.45) is 1.67. The first-order valence-corrected chi connectivity index (χ1v) is 14.3. The van der Waals surface area contributed by atoms with Crippen LogP contribution in [0.15, 0.2) is 49.3 Å². The normalized spacial score (nSPS) is 13.5. The molecule has 2 aromatic carbocycles. The van der Waals surface area contributed by atoms with Crippen LogP contribution in [0.5, 0.6) is 11.5 Å². The van der Waals surface area contributed by atoms with Crippen LogP contribution in [0.4, 0.5) is 39.2 Å². The number of aliphatic hydroxyl groups excluding tert-OH is 1. The Balaban J connectivity index is 1.54. The maximum Gasteiger partial charge on any atom is 0.327 e. The molecular formula is C29H34Cl2N8O5. The first-order valence-electron chi connectivity index (χ1n) is 13.5. The van der Waals surface area contributed by atoms with E-state index in [-0.39, 0.29) is 39.0 Å². The monoisotopic (exact) mass is 644 g/mol. The number of aliphatic hydroxyl groups is 1. The van der Waals surface area contributed by atoms with Crippen molar-refractivity contribution in [3.8, 4) is 11.5 Å². The summed E-state index contributed by atoms with van der Waals surface area (Å²) in [5, 5.41) is 19.4. The number of piperazine rings is 1. The van der Waals surface area contributed by atoms with Gasteiger partial charge in [-0.15, -0.1) is 0 Å². The Morgan fingerprint density at radius 2 is 1.70 bits per heavy atom. The molecule has 1 fully saturated rings. The van der Waals surface area contributed by atoms with E-state index in [1.165, 1.54) is 44.6 Å². The summed E-state index contributed by atoms with van der Waals surface area (Å²) in [7, 11) is 4.39. The van der Waals surface area contributed by atoms with Gasteiger partial charge in [-0.1, -0.05) is 29.8 Å². The van der Waals surface area contributed by atoms with Gasteiger partial charge in [-0.3, -0.25) is 9.69 Å². The fraction of sp³-hybridized carbons (Fsp3) is 0.310. The average molecular weight is 646 g/mol. The second kappa shape index (κ2) is 14.3. The van der Waals surface area contributed by atoms with Crippen molar-refractivity contribution in [3.05, 3.63) is 59.4 Å². The smallest absolute Gasteiger partial charge is 0.327 e. The van der Waals surface area contributed by atoms with Gasteiger partial charge in [-0.25, -0.2) is 14.8 Å². The first-order chi connectivity index (χ1) is 21.1. The summed E-state index contributed by atoms with van der Waals surface area (Å²) >= 11 is 12.8. The predicted octanol–water partition coefficient (Wildman–Crippen LogP) is 4.80. The van der Waals surface area contributed by atoms with Crippen molar-refractivity contribution in [2.24, 2.45) is 0 Å². The number of hydrogen-bond donors (Lipinski definition) is 4. The van der Waals surface area contributed by atoms with E-state index in [1.807, 2.05) is 23.1 Å². The molecule has 1 atom stereocenters. The van der Waals surface area contributed by atoms with Crippen molar-refractivity contribution < 1.29 is 24.2 Å². The largest absolute Gasteiger partial charge is 0.495 e. The Morgan fingerprint density at radius 3 is 2.30 bits per heavy atom. The number of nitrogens with zero attached hydrogens (tertiary/aromatic N) is 5. The summed E-state index contributed by atoms with van der Waals surface area (Å²) in [5.74, 6) is 1.25. The molecule has 2 heterocycles. The van der Waals surface area contributed by atoms with E-state index >= 15 is 0 Å². The summed E-state index contributed by atoms with van der Waals surface area (Å²) in [6, 6.07) is 8.20. The zero-order valence-electron chi connectivity index (χ0n) is 24.7. The molecule has 3 aromatic rings. The zero-order valence-corrected chi connectivity index (χ0v) is 26.2. The molecule has 1 aromatic heterocycles. The average Bonchev–Trinajstić information content (AvgIpc) is 3.03. The van der Waals surface area contributed by atoms with E-state index in [1.54, 1.807) is 13.0 Å². The van der Waals surface area contributed by atoms with Gasteiger partial charge >= 0.3 is 6.03 Å². The minimum Gasteiger partial charge on any atom is -0.495 e. The van der Waals surface area contributed by atoms with Crippen molar-refractivity contribution in [2.75, 3.05) is 73.2 Å². The Labute approximate surface area is 265 Å². The third kappa shape index (κ3) is 7.36. The highest BCUT2D eigenvalue weighted by Gasteiger charge is 2.23. The van der Waals surface area contributed by atoms with E-state index < -0.39 is 12.3 Å². The van der Waals surface area contributed by atoms with Crippen LogP contribution in [0.3, 0.4) is 0 Å². The summed E-state index contributed by atoms with van der Waals surface area (Å²) in [6.45, 7) is 7.82. The molecule has 0 saturated carbocycles. The number of rotatable bonds is 10. The third-order valence-corrected chi connectivity index (χ3v) is 7.74. The molecule has 0 bridgehead atoms.